The van der Waals surface area contributed by atoms with Crippen LogP contribution in [0.1, 0.15) is 26.7 Å². The fourth-order valence-corrected chi connectivity index (χ4v) is 5.61. The Bertz CT molecular complexity index is 643. The summed E-state index contributed by atoms with van der Waals surface area (Å²) >= 11 is 0.784. The lowest BCUT2D eigenvalue weighted by molar-refractivity contribution is -0.383. The van der Waals surface area contributed by atoms with E-state index in [4.69, 9.17) is 5.84 Å². The first-order chi connectivity index (χ1) is 9.77. The third-order valence-corrected chi connectivity index (χ3v) is 7.18. The van der Waals surface area contributed by atoms with E-state index < -0.39 is 14.9 Å². The molecule has 0 radical (unpaired) electrons. The van der Waals surface area contributed by atoms with E-state index in [0.717, 1.165) is 30.2 Å². The number of thiophene rings is 1. The number of nitro groups is 1. The molecular formula is C11H18N4O4S2. The minimum atomic E-state index is -3.73. The number of hydrogen-bond acceptors (Lipinski definition) is 7. The van der Waals surface area contributed by atoms with E-state index in [1.54, 1.807) is 0 Å². The van der Waals surface area contributed by atoms with Crippen LogP contribution in [-0.4, -0.2) is 30.2 Å². The number of nitrogen functional groups attached to an aromatic ring is 1. The minimum absolute atomic E-state index is 0.0385. The molecular weight excluding hydrogens is 316 g/mol. The number of nitrogens with one attached hydrogen (secondary N) is 1. The summed E-state index contributed by atoms with van der Waals surface area (Å²) in [4.78, 5) is 10.3. The maximum absolute atomic E-state index is 12.7. The van der Waals surface area contributed by atoms with Crippen molar-refractivity contribution in [2.45, 2.75) is 36.9 Å². The Kier molecular flexibility index (Phi) is 4.51. The fraction of sp³-hybridized carbons (Fsp3) is 0.636. The number of hydrogen-bond donors (Lipinski definition) is 2. The molecule has 1 aliphatic heterocycles. The van der Waals surface area contributed by atoms with E-state index >= 15 is 0 Å². The molecule has 3 N–H and O–H groups in total. The van der Waals surface area contributed by atoms with Crippen LogP contribution < -0.4 is 11.3 Å². The third-order valence-electron chi connectivity index (χ3n) is 3.66. The maximum Gasteiger partial charge on any atom is 0.306 e. The van der Waals surface area contributed by atoms with Gasteiger partial charge in [-0.1, -0.05) is 18.3 Å². The molecule has 2 rings (SSSR count). The van der Waals surface area contributed by atoms with Gasteiger partial charge in [0.2, 0.25) is 0 Å². The van der Waals surface area contributed by atoms with Crippen LogP contribution in [0.25, 0.3) is 0 Å². The minimum Gasteiger partial charge on any atom is -0.310 e. The Hall–Kier alpha value is -1.23. The summed E-state index contributed by atoms with van der Waals surface area (Å²) in [5.41, 5.74) is 1.86. The van der Waals surface area contributed by atoms with Gasteiger partial charge in [0.1, 0.15) is 4.21 Å². The highest BCUT2D eigenvalue weighted by atomic mass is 32.2. The molecule has 1 aromatic rings. The smallest absolute Gasteiger partial charge is 0.306 e. The van der Waals surface area contributed by atoms with Gasteiger partial charge in [-0.25, -0.2) is 14.3 Å². The second-order valence-corrected chi connectivity index (χ2v) is 8.45. The molecule has 2 atom stereocenters. The summed E-state index contributed by atoms with van der Waals surface area (Å²) in [5.74, 6) is 5.69. The van der Waals surface area contributed by atoms with Crippen molar-refractivity contribution in [1.29, 1.82) is 0 Å². The first-order valence-electron chi connectivity index (χ1n) is 6.54. The lowest BCUT2D eigenvalue weighted by Crippen LogP contribution is -2.43. The van der Waals surface area contributed by atoms with Gasteiger partial charge in [-0.2, -0.15) is 4.31 Å². The lowest BCUT2D eigenvalue weighted by atomic mass is 9.95. The molecule has 0 aromatic carbocycles. The first-order valence-corrected chi connectivity index (χ1v) is 8.79. The van der Waals surface area contributed by atoms with E-state index in [9.17, 15) is 18.5 Å². The quantitative estimate of drug-likeness (QED) is 0.492. The summed E-state index contributed by atoms with van der Waals surface area (Å²) < 4.78 is 26.7. The van der Waals surface area contributed by atoms with Gasteiger partial charge in [-0.3, -0.25) is 10.1 Å². The molecule has 1 fully saturated rings. The Morgan fingerprint density at radius 2 is 2.19 bits per heavy atom. The molecule has 8 nitrogen and oxygen atoms in total. The highest BCUT2D eigenvalue weighted by Crippen LogP contribution is 2.39. The van der Waals surface area contributed by atoms with E-state index in [0.29, 0.717) is 12.5 Å². The van der Waals surface area contributed by atoms with E-state index in [2.05, 4.69) is 12.3 Å². The zero-order valence-corrected chi connectivity index (χ0v) is 13.4. The van der Waals surface area contributed by atoms with Crippen molar-refractivity contribution in [2.24, 2.45) is 11.8 Å². The Labute approximate surface area is 127 Å². The standard InChI is InChI=1S/C11H18N4O4S2/c1-7-3-4-14(8(2)5-7)21(18,19)10-6-9(15(16)17)11(13-12)20-10/h6-8,13H,3-5,12H2,1-2H3. The summed E-state index contributed by atoms with van der Waals surface area (Å²) in [6.07, 6.45) is 1.58. The Morgan fingerprint density at radius 3 is 2.67 bits per heavy atom. The van der Waals surface area contributed by atoms with E-state index in [-0.39, 0.29) is 20.9 Å². The van der Waals surface area contributed by atoms with Gasteiger partial charge in [0.15, 0.2) is 5.00 Å². The Balaban J connectivity index is 2.38. The van der Waals surface area contributed by atoms with Gasteiger partial charge in [0.05, 0.1) is 4.92 Å². The predicted octanol–water partition coefficient (Wildman–Crippen LogP) is 1.75. The van der Waals surface area contributed by atoms with Crippen LogP contribution in [0.2, 0.25) is 0 Å². The monoisotopic (exact) mass is 334 g/mol. The molecule has 1 aromatic heterocycles. The van der Waals surface area contributed by atoms with Gasteiger partial charge in [-0.05, 0) is 25.7 Å². The number of piperidine rings is 1. The van der Waals surface area contributed by atoms with Crippen molar-refractivity contribution in [3.8, 4) is 0 Å². The highest BCUT2D eigenvalue weighted by Gasteiger charge is 2.36. The third kappa shape index (κ3) is 3.03. The largest absolute Gasteiger partial charge is 0.310 e. The molecule has 2 heterocycles. The van der Waals surface area contributed by atoms with Crippen molar-refractivity contribution in [3.63, 3.8) is 0 Å². The fourth-order valence-electron chi connectivity index (χ4n) is 2.58. The molecule has 0 spiro atoms. The molecule has 2 unspecified atom stereocenters. The lowest BCUT2D eigenvalue weighted by Gasteiger charge is -2.34. The molecule has 1 saturated heterocycles. The molecule has 0 bridgehead atoms. The Morgan fingerprint density at radius 1 is 1.52 bits per heavy atom. The summed E-state index contributed by atoms with van der Waals surface area (Å²) in [6.45, 7) is 4.38. The topological polar surface area (TPSA) is 119 Å². The second kappa shape index (κ2) is 5.87. The average Bonchev–Trinajstić information content (AvgIpc) is 2.83. The van der Waals surface area contributed by atoms with Gasteiger partial charge < -0.3 is 5.43 Å². The second-order valence-electron chi connectivity index (χ2n) is 5.28. The van der Waals surface area contributed by atoms with Crippen LogP contribution in [0.3, 0.4) is 0 Å². The van der Waals surface area contributed by atoms with Gasteiger partial charge in [-0.15, -0.1) is 0 Å². The SMILES string of the molecule is CC1CCN(S(=O)(=O)c2cc([N+](=O)[O-])c(NN)s2)C(C)C1. The van der Waals surface area contributed by atoms with E-state index in [1.807, 2.05) is 6.92 Å². The van der Waals surface area contributed by atoms with Crippen molar-refractivity contribution in [1.82, 2.24) is 4.31 Å². The van der Waals surface area contributed by atoms with Gasteiger partial charge in [0.25, 0.3) is 10.0 Å². The first kappa shape index (κ1) is 16.1. The number of nitrogens with two attached hydrogens (primary N) is 1. The zero-order valence-electron chi connectivity index (χ0n) is 11.8. The van der Waals surface area contributed by atoms with Crippen LogP contribution in [-0.2, 0) is 10.0 Å². The summed E-state index contributed by atoms with van der Waals surface area (Å²) in [7, 11) is -3.73. The van der Waals surface area contributed by atoms with Crippen LogP contribution in [0.4, 0.5) is 10.7 Å². The maximum atomic E-state index is 12.7. The number of rotatable bonds is 4. The van der Waals surface area contributed by atoms with Crippen LogP contribution in [0, 0.1) is 16.0 Å². The highest BCUT2D eigenvalue weighted by molar-refractivity contribution is 7.91. The molecule has 118 valence electrons. The van der Waals surface area contributed by atoms with Crippen molar-refractivity contribution in [3.05, 3.63) is 16.2 Å². The number of nitrogens with zero attached hydrogens (tertiary/aromatic N) is 2. The van der Waals surface area contributed by atoms with Crippen molar-refractivity contribution >= 4 is 32.0 Å². The average molecular weight is 334 g/mol. The molecule has 10 heteroatoms. The van der Waals surface area contributed by atoms with Crippen LogP contribution in [0.15, 0.2) is 10.3 Å². The molecule has 1 aliphatic rings. The van der Waals surface area contributed by atoms with Crippen molar-refractivity contribution in [2.75, 3.05) is 12.0 Å². The molecule has 0 aliphatic carbocycles. The normalized spacial score (nSPS) is 24.0. The number of hydrazine groups is 1. The summed E-state index contributed by atoms with van der Waals surface area (Å²) in [6, 6.07) is 0.953. The molecule has 0 saturated carbocycles. The van der Waals surface area contributed by atoms with Gasteiger partial charge >= 0.3 is 5.69 Å². The zero-order chi connectivity index (χ0) is 15.8. The van der Waals surface area contributed by atoms with E-state index in [1.165, 1.54) is 4.31 Å². The summed E-state index contributed by atoms with van der Waals surface area (Å²) in [5, 5.41) is 11.0. The molecule has 0 amide bonds. The number of anilines is 1. The predicted molar refractivity (Wildman–Crippen MR) is 80.5 cm³/mol. The molecule has 21 heavy (non-hydrogen) atoms. The van der Waals surface area contributed by atoms with Crippen LogP contribution >= 0.6 is 11.3 Å². The van der Waals surface area contributed by atoms with Crippen molar-refractivity contribution < 1.29 is 13.3 Å². The number of sulfonamides is 1. The van der Waals surface area contributed by atoms with Gasteiger partial charge in [0, 0.05) is 18.7 Å². The van der Waals surface area contributed by atoms with Crippen LogP contribution in [0.5, 0.6) is 0 Å².